The van der Waals surface area contributed by atoms with Crippen molar-refractivity contribution < 1.29 is 17.9 Å². The topological polar surface area (TPSA) is 92.4 Å². The maximum Gasteiger partial charge on any atom is 0.228 e. The fraction of sp³-hybridized carbons (Fsp3) is 0.733. The molecule has 3 rings (SSSR count). The zero-order valence-electron chi connectivity index (χ0n) is 13.5. The van der Waals surface area contributed by atoms with E-state index in [1.54, 1.807) is 31.1 Å². The summed E-state index contributed by atoms with van der Waals surface area (Å²) in [5, 5.41) is 0. The first kappa shape index (κ1) is 16.4. The van der Waals surface area contributed by atoms with Crippen molar-refractivity contribution in [3.8, 4) is 0 Å². The highest BCUT2D eigenvalue weighted by Crippen LogP contribution is 2.34. The normalized spacial score (nSPS) is 30.1. The predicted molar refractivity (Wildman–Crippen MR) is 84.5 cm³/mol. The van der Waals surface area contributed by atoms with Crippen molar-refractivity contribution >= 4 is 15.7 Å². The lowest BCUT2D eigenvalue weighted by Crippen LogP contribution is -2.56. The number of carbonyl (C=O) groups is 1. The van der Waals surface area contributed by atoms with E-state index < -0.39 is 14.6 Å². The van der Waals surface area contributed by atoms with Gasteiger partial charge in [-0.2, -0.15) is 0 Å². The molecule has 8 heteroatoms. The molecule has 0 spiro atoms. The summed E-state index contributed by atoms with van der Waals surface area (Å²) in [7, 11) is -3.16. The number of aromatic amines is 1. The number of aromatic nitrogens is 2. The third kappa shape index (κ3) is 3.01. The minimum absolute atomic E-state index is 0.0186. The number of hydrogen-bond acceptors (Lipinski definition) is 5. The van der Waals surface area contributed by atoms with Gasteiger partial charge >= 0.3 is 0 Å². The molecule has 2 saturated heterocycles. The second-order valence-electron chi connectivity index (χ2n) is 6.85. The maximum atomic E-state index is 13.0. The molecule has 2 fully saturated rings. The van der Waals surface area contributed by atoms with E-state index in [2.05, 4.69) is 9.97 Å². The van der Waals surface area contributed by atoms with Gasteiger partial charge in [0.2, 0.25) is 5.91 Å². The van der Waals surface area contributed by atoms with Gasteiger partial charge in [-0.05, 0) is 26.7 Å². The molecule has 23 heavy (non-hydrogen) atoms. The molecular weight excluding hydrogens is 318 g/mol. The lowest BCUT2D eigenvalue weighted by Gasteiger charge is -2.40. The van der Waals surface area contributed by atoms with Gasteiger partial charge in [0.15, 0.2) is 9.84 Å². The molecule has 1 aromatic heterocycles. The number of carbonyl (C=O) groups excluding carboxylic acids is 1. The van der Waals surface area contributed by atoms with E-state index in [-0.39, 0.29) is 36.8 Å². The van der Waals surface area contributed by atoms with Crippen LogP contribution in [0.3, 0.4) is 0 Å². The smallest absolute Gasteiger partial charge is 0.228 e. The van der Waals surface area contributed by atoms with Crippen LogP contribution >= 0.6 is 0 Å². The summed E-state index contributed by atoms with van der Waals surface area (Å²) in [5.41, 5.74) is 0. The Balaban J connectivity index is 1.79. The average molecular weight is 341 g/mol. The number of amides is 1. The Bertz CT molecular complexity index is 669. The summed E-state index contributed by atoms with van der Waals surface area (Å²) in [6.07, 6.45) is 4.53. The minimum atomic E-state index is -3.16. The first-order valence-corrected chi connectivity index (χ1v) is 9.59. The third-order valence-electron chi connectivity index (χ3n) is 4.78. The van der Waals surface area contributed by atoms with Gasteiger partial charge in [-0.15, -0.1) is 0 Å². The molecular formula is C15H23N3O4S. The van der Waals surface area contributed by atoms with Crippen LogP contribution in [0.1, 0.15) is 38.6 Å². The summed E-state index contributed by atoms with van der Waals surface area (Å²) in [6, 6.07) is 0. The summed E-state index contributed by atoms with van der Waals surface area (Å²) < 4.78 is 29.1. The molecule has 0 bridgehead atoms. The first-order valence-electron chi connectivity index (χ1n) is 7.94. The molecule has 0 unspecified atom stereocenters. The maximum absolute atomic E-state index is 13.0. The molecule has 1 amide bonds. The van der Waals surface area contributed by atoms with Crippen molar-refractivity contribution in [3.05, 3.63) is 18.2 Å². The molecule has 0 aromatic carbocycles. The molecule has 7 nitrogen and oxygen atoms in total. The highest BCUT2D eigenvalue weighted by molar-refractivity contribution is 7.92. The van der Waals surface area contributed by atoms with E-state index in [0.717, 1.165) is 12.8 Å². The SMILES string of the molecule is CC1(C)CN(C(=O)[C@@H]2CCCO[C@H]2c2ncc[nH]2)CCS1(=O)=O. The number of ether oxygens (including phenoxy) is 1. The number of rotatable bonds is 2. The summed E-state index contributed by atoms with van der Waals surface area (Å²) in [6.45, 7) is 4.46. The molecule has 2 atom stereocenters. The highest BCUT2D eigenvalue weighted by atomic mass is 32.2. The van der Waals surface area contributed by atoms with Gasteiger partial charge < -0.3 is 14.6 Å². The highest BCUT2D eigenvalue weighted by Gasteiger charge is 2.44. The molecule has 2 aliphatic rings. The lowest BCUT2D eigenvalue weighted by molar-refractivity contribution is -0.146. The van der Waals surface area contributed by atoms with Gasteiger partial charge in [-0.3, -0.25) is 4.79 Å². The van der Waals surface area contributed by atoms with Gasteiger partial charge in [0.25, 0.3) is 0 Å². The van der Waals surface area contributed by atoms with E-state index in [0.29, 0.717) is 12.4 Å². The van der Waals surface area contributed by atoms with Crippen LogP contribution < -0.4 is 0 Å². The van der Waals surface area contributed by atoms with Crippen LogP contribution in [0, 0.1) is 5.92 Å². The van der Waals surface area contributed by atoms with Crippen LogP contribution in [0.5, 0.6) is 0 Å². The fourth-order valence-corrected chi connectivity index (χ4v) is 4.67. The van der Waals surface area contributed by atoms with E-state index in [9.17, 15) is 13.2 Å². The van der Waals surface area contributed by atoms with Gasteiger partial charge in [-0.1, -0.05) is 0 Å². The Morgan fingerprint density at radius 3 is 2.91 bits per heavy atom. The Kier molecular flexibility index (Phi) is 4.22. The second kappa shape index (κ2) is 5.90. The van der Waals surface area contributed by atoms with Crippen molar-refractivity contribution in [1.29, 1.82) is 0 Å². The zero-order valence-corrected chi connectivity index (χ0v) is 14.3. The van der Waals surface area contributed by atoms with Crippen LogP contribution in [0.25, 0.3) is 0 Å². The molecule has 1 aromatic rings. The largest absolute Gasteiger partial charge is 0.369 e. The summed E-state index contributed by atoms with van der Waals surface area (Å²) in [4.78, 5) is 21.9. The Morgan fingerprint density at radius 2 is 2.26 bits per heavy atom. The standard InChI is InChI=1S/C15H23N3O4S/c1-15(2)10-18(7-9-23(15,20)21)14(19)11-4-3-8-22-12(11)13-16-5-6-17-13/h5-6,11-12H,3-4,7-10H2,1-2H3,(H,16,17)/t11-,12-/m1/s1. The number of hydrogen-bond donors (Lipinski definition) is 1. The number of nitrogens with one attached hydrogen (secondary N) is 1. The molecule has 3 heterocycles. The average Bonchev–Trinajstić information content (AvgIpc) is 3.03. The van der Waals surface area contributed by atoms with E-state index in [4.69, 9.17) is 4.74 Å². The molecule has 128 valence electrons. The first-order chi connectivity index (χ1) is 10.8. The fourth-order valence-electron chi connectivity index (χ4n) is 3.30. The Labute approximate surface area is 136 Å². The number of H-pyrrole nitrogens is 1. The monoisotopic (exact) mass is 341 g/mol. The van der Waals surface area contributed by atoms with E-state index in [1.807, 2.05) is 0 Å². The number of imidazole rings is 1. The molecule has 0 radical (unpaired) electrons. The predicted octanol–water partition coefficient (Wildman–Crippen LogP) is 0.913. The van der Waals surface area contributed by atoms with Crippen molar-refractivity contribution in [3.63, 3.8) is 0 Å². The van der Waals surface area contributed by atoms with Crippen LogP contribution in [0.2, 0.25) is 0 Å². The van der Waals surface area contributed by atoms with Gasteiger partial charge in [0, 0.05) is 32.1 Å². The van der Waals surface area contributed by atoms with Gasteiger partial charge in [0.1, 0.15) is 11.9 Å². The third-order valence-corrected chi connectivity index (χ3v) is 7.32. The van der Waals surface area contributed by atoms with Crippen LogP contribution in [0.4, 0.5) is 0 Å². The number of sulfone groups is 1. The Hall–Kier alpha value is -1.41. The number of nitrogens with zero attached hydrogens (tertiary/aromatic N) is 2. The Morgan fingerprint density at radius 1 is 1.48 bits per heavy atom. The van der Waals surface area contributed by atoms with Crippen LogP contribution in [0.15, 0.2) is 12.4 Å². The van der Waals surface area contributed by atoms with E-state index in [1.165, 1.54) is 0 Å². The van der Waals surface area contributed by atoms with Crippen molar-refractivity contribution in [2.24, 2.45) is 5.92 Å². The van der Waals surface area contributed by atoms with Gasteiger partial charge in [-0.25, -0.2) is 13.4 Å². The van der Waals surface area contributed by atoms with Crippen molar-refractivity contribution in [2.75, 3.05) is 25.4 Å². The molecule has 0 aliphatic carbocycles. The summed E-state index contributed by atoms with van der Waals surface area (Å²) in [5.74, 6) is 0.331. The molecule has 0 saturated carbocycles. The molecule has 1 N–H and O–H groups in total. The quantitative estimate of drug-likeness (QED) is 0.863. The van der Waals surface area contributed by atoms with E-state index >= 15 is 0 Å². The second-order valence-corrected chi connectivity index (χ2v) is 9.60. The van der Waals surface area contributed by atoms with Crippen molar-refractivity contribution in [1.82, 2.24) is 14.9 Å². The van der Waals surface area contributed by atoms with Crippen molar-refractivity contribution in [2.45, 2.75) is 37.5 Å². The van der Waals surface area contributed by atoms with Crippen LogP contribution in [-0.2, 0) is 19.4 Å². The van der Waals surface area contributed by atoms with Crippen LogP contribution in [-0.4, -0.2) is 59.4 Å². The zero-order chi connectivity index (χ0) is 16.7. The summed E-state index contributed by atoms with van der Waals surface area (Å²) >= 11 is 0. The molecule has 2 aliphatic heterocycles. The van der Waals surface area contributed by atoms with Gasteiger partial charge in [0.05, 0.1) is 16.4 Å². The lowest BCUT2D eigenvalue weighted by atomic mass is 9.92. The minimum Gasteiger partial charge on any atom is -0.369 e.